The number of hydrogen-bond acceptors (Lipinski definition) is 9. The molecule has 1 heterocycles. The van der Waals surface area contributed by atoms with E-state index < -0.39 is 23.8 Å². The molecule has 1 aromatic heterocycles. The second-order valence-electron chi connectivity index (χ2n) is 8.74. The minimum absolute atomic E-state index is 0.0528. The fourth-order valence-corrected chi connectivity index (χ4v) is 4.95. The number of nitrogens with two attached hydrogens (primary N) is 2. The standard InChI is InChI=1S/C29H29N5O6S/c1-38-20-11-7-10-19(15-20)34(29(37)26-23(30)24(27(31)35)33-41-26)25(18-12-13-21(39-2)22(14-18)40-3)28(36)32-16-17-8-5-4-6-9-17/h4-15,25H,16,30H2,1-3H3,(H2,31,35)(H,32,36). The van der Waals surface area contributed by atoms with Crippen LogP contribution in [0.5, 0.6) is 17.2 Å². The van der Waals surface area contributed by atoms with Gasteiger partial charge < -0.3 is 31.0 Å². The Kier molecular flexibility index (Phi) is 9.05. The Balaban J connectivity index is 1.89. The Bertz CT molecular complexity index is 1560. The molecule has 0 aliphatic rings. The molecule has 4 rings (SSSR count). The van der Waals surface area contributed by atoms with Gasteiger partial charge in [0.15, 0.2) is 17.2 Å². The molecular formula is C29H29N5O6S. The van der Waals surface area contributed by atoms with Crippen LogP contribution in [-0.2, 0) is 11.3 Å². The molecule has 3 amide bonds. The van der Waals surface area contributed by atoms with Gasteiger partial charge in [0.25, 0.3) is 11.8 Å². The van der Waals surface area contributed by atoms with Crippen molar-refractivity contribution in [3.05, 3.63) is 94.5 Å². The topological polar surface area (TPSA) is 159 Å². The van der Waals surface area contributed by atoms with Crippen LogP contribution in [0.15, 0.2) is 72.8 Å². The molecule has 0 aliphatic carbocycles. The number of nitrogen functional groups attached to an aromatic ring is 1. The maximum Gasteiger partial charge on any atom is 0.273 e. The lowest BCUT2D eigenvalue weighted by Gasteiger charge is -2.31. The van der Waals surface area contributed by atoms with Crippen LogP contribution in [0.4, 0.5) is 11.4 Å². The molecule has 0 saturated carbocycles. The molecule has 0 radical (unpaired) electrons. The minimum atomic E-state index is -1.23. The molecular weight excluding hydrogens is 546 g/mol. The average molecular weight is 576 g/mol. The highest BCUT2D eigenvalue weighted by molar-refractivity contribution is 7.09. The summed E-state index contributed by atoms with van der Waals surface area (Å²) >= 11 is 0.719. The number of ether oxygens (including phenoxy) is 3. The number of nitrogens with one attached hydrogen (secondary N) is 1. The first-order chi connectivity index (χ1) is 19.8. The third-order valence-corrected chi connectivity index (χ3v) is 7.10. The summed E-state index contributed by atoms with van der Waals surface area (Å²) in [7, 11) is 4.46. The van der Waals surface area contributed by atoms with Gasteiger partial charge in [-0.25, -0.2) is 0 Å². The van der Waals surface area contributed by atoms with Crippen LogP contribution in [0.25, 0.3) is 0 Å². The Morgan fingerprint density at radius 3 is 2.29 bits per heavy atom. The van der Waals surface area contributed by atoms with E-state index >= 15 is 0 Å². The van der Waals surface area contributed by atoms with Crippen molar-refractivity contribution >= 4 is 40.6 Å². The number of nitrogens with zero attached hydrogens (tertiary/aromatic N) is 2. The third kappa shape index (κ3) is 6.23. The Morgan fingerprint density at radius 2 is 1.66 bits per heavy atom. The number of anilines is 2. The van der Waals surface area contributed by atoms with Gasteiger partial charge >= 0.3 is 0 Å². The molecule has 4 aromatic rings. The maximum atomic E-state index is 14.3. The second-order valence-corrected chi connectivity index (χ2v) is 9.51. The van der Waals surface area contributed by atoms with E-state index in [1.165, 1.54) is 26.2 Å². The zero-order chi connectivity index (χ0) is 29.5. The summed E-state index contributed by atoms with van der Waals surface area (Å²) in [5, 5.41) is 2.93. The molecule has 1 unspecified atom stereocenters. The average Bonchev–Trinajstić information content (AvgIpc) is 3.39. The largest absolute Gasteiger partial charge is 0.497 e. The summed E-state index contributed by atoms with van der Waals surface area (Å²) in [6.45, 7) is 0.206. The van der Waals surface area contributed by atoms with E-state index in [1.807, 2.05) is 30.3 Å². The number of amides is 3. The van der Waals surface area contributed by atoms with Crippen LogP contribution in [0, 0.1) is 0 Å². The highest BCUT2D eigenvalue weighted by atomic mass is 32.1. The molecule has 0 aliphatic heterocycles. The molecule has 0 saturated heterocycles. The van der Waals surface area contributed by atoms with E-state index in [1.54, 1.807) is 42.5 Å². The first kappa shape index (κ1) is 28.9. The van der Waals surface area contributed by atoms with Crippen LogP contribution in [0.1, 0.15) is 37.3 Å². The van der Waals surface area contributed by atoms with Gasteiger partial charge in [-0.2, -0.15) is 4.37 Å². The minimum Gasteiger partial charge on any atom is -0.497 e. The van der Waals surface area contributed by atoms with Gasteiger partial charge in [-0.05, 0) is 46.9 Å². The lowest BCUT2D eigenvalue weighted by atomic mass is 10.0. The van der Waals surface area contributed by atoms with Gasteiger partial charge in [-0.3, -0.25) is 19.3 Å². The van der Waals surface area contributed by atoms with Crippen molar-refractivity contribution in [1.29, 1.82) is 0 Å². The van der Waals surface area contributed by atoms with Crippen molar-refractivity contribution in [2.24, 2.45) is 5.73 Å². The molecule has 11 nitrogen and oxygen atoms in total. The van der Waals surface area contributed by atoms with Crippen molar-refractivity contribution in [3.63, 3.8) is 0 Å². The van der Waals surface area contributed by atoms with Gasteiger partial charge in [0.2, 0.25) is 5.91 Å². The number of carbonyl (C=O) groups excluding carboxylic acids is 3. The summed E-state index contributed by atoms with van der Waals surface area (Å²) in [6, 6.07) is 19.7. The van der Waals surface area contributed by atoms with Gasteiger partial charge in [0.05, 0.1) is 27.0 Å². The second kappa shape index (κ2) is 12.8. The predicted octanol–water partition coefficient (Wildman–Crippen LogP) is 3.55. The summed E-state index contributed by atoms with van der Waals surface area (Å²) in [6.07, 6.45) is 0. The van der Waals surface area contributed by atoms with E-state index in [0.717, 1.165) is 17.1 Å². The smallest absolute Gasteiger partial charge is 0.273 e. The summed E-state index contributed by atoms with van der Waals surface area (Å²) in [5.41, 5.74) is 12.8. The predicted molar refractivity (Wildman–Crippen MR) is 155 cm³/mol. The van der Waals surface area contributed by atoms with Crippen molar-refractivity contribution in [2.45, 2.75) is 12.6 Å². The van der Waals surface area contributed by atoms with Crippen LogP contribution < -0.4 is 35.9 Å². The van der Waals surface area contributed by atoms with Crippen molar-refractivity contribution < 1.29 is 28.6 Å². The van der Waals surface area contributed by atoms with Crippen LogP contribution in [0.2, 0.25) is 0 Å². The van der Waals surface area contributed by atoms with Crippen molar-refractivity contribution in [3.8, 4) is 17.2 Å². The highest BCUT2D eigenvalue weighted by Gasteiger charge is 2.36. The maximum absolute atomic E-state index is 14.3. The van der Waals surface area contributed by atoms with E-state index in [9.17, 15) is 14.4 Å². The monoisotopic (exact) mass is 575 g/mol. The van der Waals surface area contributed by atoms with Crippen LogP contribution >= 0.6 is 11.5 Å². The first-order valence-corrected chi connectivity index (χ1v) is 13.1. The van der Waals surface area contributed by atoms with E-state index in [2.05, 4.69) is 9.69 Å². The first-order valence-electron chi connectivity index (χ1n) is 12.3. The van der Waals surface area contributed by atoms with Gasteiger partial charge in [-0.1, -0.05) is 42.5 Å². The molecule has 41 heavy (non-hydrogen) atoms. The van der Waals surface area contributed by atoms with Crippen molar-refractivity contribution in [2.75, 3.05) is 32.0 Å². The molecule has 0 fully saturated rings. The molecule has 0 bridgehead atoms. The molecule has 0 spiro atoms. The number of benzene rings is 3. The quantitative estimate of drug-likeness (QED) is 0.245. The fourth-order valence-electron chi connectivity index (χ4n) is 4.20. The number of primary amides is 1. The zero-order valence-corrected chi connectivity index (χ0v) is 23.4. The zero-order valence-electron chi connectivity index (χ0n) is 22.6. The fraction of sp³-hybridized carbons (Fsp3) is 0.172. The number of carbonyl (C=O) groups is 3. The Hall–Kier alpha value is -5.10. The summed E-state index contributed by atoms with van der Waals surface area (Å²) in [5.74, 6) is -0.784. The number of rotatable bonds is 11. The van der Waals surface area contributed by atoms with Gasteiger partial charge in [0.1, 0.15) is 16.7 Å². The van der Waals surface area contributed by atoms with E-state index in [4.69, 9.17) is 25.7 Å². The summed E-state index contributed by atoms with van der Waals surface area (Å²) in [4.78, 5) is 41.4. The Morgan fingerprint density at radius 1 is 0.927 bits per heavy atom. The number of aromatic nitrogens is 1. The van der Waals surface area contributed by atoms with E-state index in [-0.39, 0.29) is 22.8 Å². The van der Waals surface area contributed by atoms with Crippen LogP contribution in [0.3, 0.4) is 0 Å². The van der Waals surface area contributed by atoms with Crippen molar-refractivity contribution in [1.82, 2.24) is 9.69 Å². The lowest BCUT2D eigenvalue weighted by Crippen LogP contribution is -2.44. The molecule has 1 atom stereocenters. The molecule has 12 heteroatoms. The number of methoxy groups -OCH3 is 3. The lowest BCUT2D eigenvalue weighted by molar-refractivity contribution is -0.122. The number of hydrogen-bond donors (Lipinski definition) is 3. The normalized spacial score (nSPS) is 11.3. The third-order valence-electron chi connectivity index (χ3n) is 6.25. The highest BCUT2D eigenvalue weighted by Crippen LogP contribution is 2.37. The van der Waals surface area contributed by atoms with Gasteiger partial charge in [0, 0.05) is 18.3 Å². The van der Waals surface area contributed by atoms with E-state index in [0.29, 0.717) is 28.5 Å². The Labute approximate surface area is 240 Å². The molecule has 212 valence electrons. The van der Waals surface area contributed by atoms with Crippen LogP contribution in [-0.4, -0.2) is 43.4 Å². The molecule has 3 aromatic carbocycles. The SMILES string of the molecule is COc1cccc(N(C(=O)c2snc(C(N)=O)c2N)C(C(=O)NCc2ccccc2)c2ccc(OC)c(OC)c2)c1. The van der Waals surface area contributed by atoms with Gasteiger partial charge in [-0.15, -0.1) is 0 Å². The molecule has 5 N–H and O–H groups in total. The summed E-state index contributed by atoms with van der Waals surface area (Å²) < 4.78 is 20.3.